The van der Waals surface area contributed by atoms with Crippen LogP contribution in [0.25, 0.3) is 0 Å². The fraction of sp³-hybridized carbons (Fsp3) is 0.410. The van der Waals surface area contributed by atoms with E-state index in [9.17, 15) is 9.59 Å². The van der Waals surface area contributed by atoms with Crippen LogP contribution in [0.4, 0.5) is 5.82 Å². The van der Waals surface area contributed by atoms with Gasteiger partial charge in [-0.05, 0) is 51.7 Å². The van der Waals surface area contributed by atoms with Gasteiger partial charge in [-0.15, -0.1) is 0 Å². The normalized spacial score (nSPS) is 20.1. The molecule has 50 heavy (non-hydrogen) atoms. The molecule has 4 aromatic rings. The van der Waals surface area contributed by atoms with Crippen molar-refractivity contribution in [3.63, 3.8) is 0 Å². The van der Waals surface area contributed by atoms with Gasteiger partial charge in [-0.2, -0.15) is 4.98 Å². The highest BCUT2D eigenvalue weighted by Crippen LogP contribution is 2.46. The van der Waals surface area contributed by atoms with Crippen LogP contribution in [0.2, 0.25) is 23.2 Å². The van der Waals surface area contributed by atoms with E-state index in [1.165, 1.54) is 14.9 Å². The Morgan fingerprint density at radius 3 is 1.92 bits per heavy atom. The predicted octanol–water partition coefficient (Wildman–Crippen LogP) is 7.56. The first-order valence-electron chi connectivity index (χ1n) is 17.2. The minimum Gasteiger partial charge on any atom is -0.411 e. The zero-order chi connectivity index (χ0) is 36.4. The lowest BCUT2D eigenvalue weighted by atomic mass is 10.0. The predicted molar refractivity (Wildman–Crippen MR) is 215 cm³/mol. The molecule has 1 N–H and O–H groups in total. The van der Waals surface area contributed by atoms with Crippen molar-refractivity contribution in [2.45, 2.75) is 89.1 Å². The van der Waals surface area contributed by atoms with Crippen LogP contribution in [0.5, 0.6) is 0 Å². The number of alkyl halides is 1. The van der Waals surface area contributed by atoms with Crippen molar-refractivity contribution in [2.24, 2.45) is 0 Å². The number of anilines is 1. The number of benzene rings is 3. The van der Waals surface area contributed by atoms with E-state index in [4.69, 9.17) is 13.6 Å². The van der Waals surface area contributed by atoms with Crippen molar-refractivity contribution in [1.82, 2.24) is 9.55 Å². The molecule has 0 saturated carbocycles. The number of halogens is 1. The van der Waals surface area contributed by atoms with Crippen LogP contribution >= 0.6 is 22.6 Å². The van der Waals surface area contributed by atoms with Crippen LogP contribution in [0.15, 0.2) is 108 Å². The van der Waals surface area contributed by atoms with E-state index in [0.717, 1.165) is 0 Å². The van der Waals surface area contributed by atoms with Crippen LogP contribution < -0.4 is 21.4 Å². The van der Waals surface area contributed by atoms with E-state index >= 15 is 0 Å². The minimum absolute atomic E-state index is 0.0437. The molecule has 1 amide bonds. The average molecular weight is 824 g/mol. The molecule has 1 aliphatic rings. The largest absolute Gasteiger partial charge is 0.411 e. The fourth-order valence-electron chi connectivity index (χ4n) is 6.41. The molecule has 0 bridgehead atoms. The van der Waals surface area contributed by atoms with Gasteiger partial charge >= 0.3 is 5.69 Å². The molecule has 0 aliphatic carbocycles. The van der Waals surface area contributed by atoms with Crippen LogP contribution in [-0.2, 0) is 13.6 Å². The summed E-state index contributed by atoms with van der Waals surface area (Å²) in [5.74, 6) is -0.151. The zero-order valence-corrected chi connectivity index (χ0v) is 34.6. The van der Waals surface area contributed by atoms with Gasteiger partial charge < -0.3 is 18.9 Å². The second-order valence-electron chi connectivity index (χ2n) is 15.6. The van der Waals surface area contributed by atoms with Gasteiger partial charge in [0.25, 0.3) is 14.2 Å². The Morgan fingerprint density at radius 2 is 1.44 bits per heavy atom. The molecule has 1 fully saturated rings. The maximum absolute atomic E-state index is 13.6. The molecule has 266 valence electrons. The number of carbonyl (C=O) groups excluding carboxylic acids is 1. The highest BCUT2D eigenvalue weighted by molar-refractivity contribution is 14.1. The van der Waals surface area contributed by atoms with Gasteiger partial charge in [-0.25, -0.2) is 4.79 Å². The summed E-state index contributed by atoms with van der Waals surface area (Å²) in [4.78, 5) is 30.6. The van der Waals surface area contributed by atoms with Gasteiger partial charge in [0.2, 0.25) is 0 Å². The molecular weight excluding hydrogens is 774 g/mol. The second-order valence-corrected chi connectivity index (χ2v) is 25.5. The summed E-state index contributed by atoms with van der Waals surface area (Å²) in [7, 11) is -5.21. The van der Waals surface area contributed by atoms with E-state index in [1.807, 2.05) is 18.2 Å². The van der Waals surface area contributed by atoms with Crippen molar-refractivity contribution in [3.05, 3.63) is 119 Å². The lowest BCUT2D eigenvalue weighted by Gasteiger charge is -2.47. The van der Waals surface area contributed by atoms with E-state index in [0.29, 0.717) is 16.4 Å². The van der Waals surface area contributed by atoms with Gasteiger partial charge in [0.1, 0.15) is 17.6 Å². The number of ether oxygens (including phenoxy) is 1. The van der Waals surface area contributed by atoms with Gasteiger partial charge in [0.15, 0.2) is 8.32 Å². The van der Waals surface area contributed by atoms with Crippen molar-refractivity contribution < 1.29 is 18.4 Å². The van der Waals surface area contributed by atoms with E-state index < -0.39 is 34.2 Å². The lowest BCUT2D eigenvalue weighted by Crippen LogP contribution is -2.68. The molecular formula is C39H50IN3O5Si2. The minimum atomic E-state index is -2.92. The number of carbonyl (C=O) groups is 1. The summed E-state index contributed by atoms with van der Waals surface area (Å²) in [6.07, 6.45) is 1.13. The zero-order valence-electron chi connectivity index (χ0n) is 30.4. The Balaban J connectivity index is 1.53. The first kappa shape index (κ1) is 38.3. The number of amides is 1. The third kappa shape index (κ3) is 7.77. The Labute approximate surface area is 312 Å². The Bertz CT molecular complexity index is 1770. The Kier molecular flexibility index (Phi) is 11.5. The van der Waals surface area contributed by atoms with Gasteiger partial charge in [-0.1, -0.05) is 143 Å². The third-order valence-corrected chi connectivity index (χ3v) is 21.0. The van der Waals surface area contributed by atoms with Gasteiger partial charge in [0, 0.05) is 22.6 Å². The fourth-order valence-corrected chi connectivity index (χ4v) is 13.3. The van der Waals surface area contributed by atoms with Crippen LogP contribution in [0.1, 0.15) is 64.5 Å². The highest BCUT2D eigenvalue weighted by Gasteiger charge is 2.57. The summed E-state index contributed by atoms with van der Waals surface area (Å²) in [5, 5.41) is 4.85. The van der Waals surface area contributed by atoms with Crippen LogP contribution in [-0.4, -0.2) is 54.8 Å². The molecule has 1 aliphatic heterocycles. The SMILES string of the molecule is CC(C)(C)[Si](C)(C)O[C@H]1C[C@H](n2ccc(NC(=O)c3ccccc3)nc2=O)O[C@]1(CI)CO[Si](c1ccccc1)(c1ccccc1)C(C)(C)C. The van der Waals surface area contributed by atoms with Crippen molar-refractivity contribution in [3.8, 4) is 0 Å². The summed E-state index contributed by atoms with van der Waals surface area (Å²) in [6, 6.07) is 31.6. The Morgan fingerprint density at radius 1 is 0.900 bits per heavy atom. The Hall–Kier alpha value is -2.95. The number of hydrogen-bond acceptors (Lipinski definition) is 6. The van der Waals surface area contributed by atoms with Crippen LogP contribution in [0, 0.1) is 0 Å². The smallest absolute Gasteiger partial charge is 0.351 e. The average Bonchev–Trinajstić information content (AvgIpc) is 3.42. The third-order valence-electron chi connectivity index (χ3n) is 10.2. The number of rotatable bonds is 11. The highest BCUT2D eigenvalue weighted by atomic mass is 127. The van der Waals surface area contributed by atoms with Crippen molar-refractivity contribution in [1.29, 1.82) is 0 Å². The summed E-state index contributed by atoms with van der Waals surface area (Å²) in [6.45, 7) is 18.3. The number of nitrogens with zero attached hydrogens (tertiary/aromatic N) is 2. The standard InChI is InChI=1S/C39H50IN3O5Si2/c1-37(2,3)49(7,8)48-32-26-34(43-25-24-33(42-36(43)45)41-35(44)29-18-12-9-13-19-29)47-39(32,27-40)28-46-50(38(4,5)6,30-20-14-10-15-21-30)31-22-16-11-17-23-31/h9-25,32,34H,26-28H2,1-8H3,(H,41,42,44,45)/t32-,34+,39+/m0/s1. The molecule has 0 spiro atoms. The molecule has 5 rings (SSSR count). The summed E-state index contributed by atoms with van der Waals surface area (Å²) >= 11 is 2.39. The molecule has 8 nitrogen and oxygen atoms in total. The second kappa shape index (κ2) is 15.0. The molecule has 0 unspecified atom stereocenters. The number of nitrogens with one attached hydrogen (secondary N) is 1. The monoisotopic (exact) mass is 823 g/mol. The topological polar surface area (TPSA) is 91.7 Å². The molecule has 2 heterocycles. The van der Waals surface area contributed by atoms with E-state index in [-0.39, 0.29) is 34.5 Å². The number of aromatic nitrogens is 2. The maximum atomic E-state index is 13.6. The van der Waals surface area contributed by atoms with Crippen molar-refractivity contribution in [2.75, 3.05) is 16.4 Å². The molecule has 1 aromatic heterocycles. The molecule has 11 heteroatoms. The first-order chi connectivity index (χ1) is 23.5. The molecule has 3 aromatic carbocycles. The van der Waals surface area contributed by atoms with Gasteiger partial charge in [-0.3, -0.25) is 9.36 Å². The van der Waals surface area contributed by atoms with Gasteiger partial charge in [0.05, 0.1) is 12.7 Å². The molecule has 3 atom stereocenters. The summed E-state index contributed by atoms with van der Waals surface area (Å²) < 4.78 is 23.8. The molecule has 0 radical (unpaired) electrons. The number of hydrogen-bond donors (Lipinski definition) is 1. The van der Waals surface area contributed by atoms with Crippen molar-refractivity contribution >= 4 is 61.3 Å². The van der Waals surface area contributed by atoms with E-state index in [1.54, 1.807) is 36.5 Å². The first-order valence-corrected chi connectivity index (χ1v) is 23.5. The van der Waals surface area contributed by atoms with Crippen LogP contribution in [0.3, 0.4) is 0 Å². The van der Waals surface area contributed by atoms with E-state index in [2.05, 4.69) is 136 Å². The summed E-state index contributed by atoms with van der Waals surface area (Å²) in [5.41, 5.74) is -0.881. The maximum Gasteiger partial charge on any atom is 0.351 e. The lowest BCUT2D eigenvalue weighted by molar-refractivity contribution is -0.106. The molecule has 1 saturated heterocycles. The quantitative estimate of drug-likeness (QED) is 0.0955.